The molecular formula is C20H15FN2O3S. The number of hydrogen-bond donors (Lipinski definition) is 0. The Labute approximate surface area is 158 Å². The Morgan fingerprint density at radius 2 is 2.00 bits per heavy atom. The fraction of sp³-hybridized carbons (Fsp3) is 0.100. The van der Waals surface area contributed by atoms with E-state index in [0.717, 1.165) is 0 Å². The van der Waals surface area contributed by atoms with Gasteiger partial charge in [0.15, 0.2) is 5.13 Å². The minimum absolute atomic E-state index is 0.194. The van der Waals surface area contributed by atoms with Gasteiger partial charge in [0.2, 0.25) is 0 Å². The Bertz CT molecular complexity index is 1070. The lowest BCUT2D eigenvalue weighted by molar-refractivity contribution is 0.0983. The van der Waals surface area contributed by atoms with Gasteiger partial charge in [-0.15, -0.1) is 0 Å². The molecule has 136 valence electrons. The lowest BCUT2D eigenvalue weighted by Gasteiger charge is -2.19. The summed E-state index contributed by atoms with van der Waals surface area (Å²) in [6.45, 7) is 0.194. The van der Waals surface area contributed by atoms with E-state index in [2.05, 4.69) is 4.98 Å². The summed E-state index contributed by atoms with van der Waals surface area (Å²) < 4.78 is 25.3. The first-order valence-electron chi connectivity index (χ1n) is 8.19. The van der Waals surface area contributed by atoms with Crippen molar-refractivity contribution in [1.82, 2.24) is 4.98 Å². The van der Waals surface area contributed by atoms with Gasteiger partial charge < -0.3 is 9.15 Å². The summed E-state index contributed by atoms with van der Waals surface area (Å²) in [7, 11) is 1.57. The van der Waals surface area contributed by atoms with E-state index in [1.165, 1.54) is 22.3 Å². The van der Waals surface area contributed by atoms with E-state index >= 15 is 0 Å². The van der Waals surface area contributed by atoms with Gasteiger partial charge in [0.25, 0.3) is 5.91 Å². The third kappa shape index (κ3) is 3.41. The number of furan rings is 1. The third-order valence-electron chi connectivity index (χ3n) is 4.07. The zero-order valence-corrected chi connectivity index (χ0v) is 15.2. The number of methoxy groups -OCH3 is 1. The third-order valence-corrected chi connectivity index (χ3v) is 5.11. The number of para-hydroxylation sites is 1. The first-order chi connectivity index (χ1) is 13.2. The lowest BCUT2D eigenvalue weighted by Crippen LogP contribution is -2.30. The molecule has 4 aromatic rings. The van der Waals surface area contributed by atoms with E-state index in [0.29, 0.717) is 26.9 Å². The number of hydrogen-bond acceptors (Lipinski definition) is 5. The largest absolute Gasteiger partial charge is 0.497 e. The second kappa shape index (κ2) is 7.20. The van der Waals surface area contributed by atoms with Crippen LogP contribution in [0.1, 0.15) is 16.1 Å². The fourth-order valence-electron chi connectivity index (χ4n) is 2.69. The van der Waals surface area contributed by atoms with Crippen molar-refractivity contribution in [2.24, 2.45) is 0 Å². The molecule has 2 heterocycles. The van der Waals surface area contributed by atoms with Crippen molar-refractivity contribution in [3.63, 3.8) is 0 Å². The van der Waals surface area contributed by atoms with Gasteiger partial charge in [-0.25, -0.2) is 9.37 Å². The second-order valence-electron chi connectivity index (χ2n) is 5.78. The number of carbonyl (C=O) groups is 1. The molecule has 2 aromatic heterocycles. The minimum Gasteiger partial charge on any atom is -0.497 e. The number of halogens is 1. The number of benzene rings is 2. The Balaban J connectivity index is 1.75. The lowest BCUT2D eigenvalue weighted by atomic mass is 10.2. The van der Waals surface area contributed by atoms with Crippen LogP contribution in [0.3, 0.4) is 0 Å². The molecule has 27 heavy (non-hydrogen) atoms. The van der Waals surface area contributed by atoms with Crippen LogP contribution in [0.5, 0.6) is 5.75 Å². The van der Waals surface area contributed by atoms with E-state index in [1.54, 1.807) is 61.9 Å². The monoisotopic (exact) mass is 382 g/mol. The van der Waals surface area contributed by atoms with Crippen LogP contribution >= 0.6 is 11.3 Å². The molecule has 0 N–H and O–H groups in total. The van der Waals surface area contributed by atoms with Crippen molar-refractivity contribution in [2.75, 3.05) is 12.0 Å². The number of carbonyl (C=O) groups excluding carboxylic acids is 1. The molecule has 2 aromatic carbocycles. The molecule has 7 heteroatoms. The van der Waals surface area contributed by atoms with Crippen molar-refractivity contribution in [3.05, 3.63) is 78.0 Å². The highest BCUT2D eigenvalue weighted by molar-refractivity contribution is 7.22. The van der Waals surface area contributed by atoms with Gasteiger partial charge in [-0.2, -0.15) is 0 Å². The topological polar surface area (TPSA) is 55.6 Å². The molecule has 5 nitrogen and oxygen atoms in total. The van der Waals surface area contributed by atoms with Gasteiger partial charge >= 0.3 is 0 Å². The average molecular weight is 382 g/mol. The Morgan fingerprint density at radius 1 is 1.19 bits per heavy atom. The summed E-state index contributed by atoms with van der Waals surface area (Å²) in [5.74, 6) is 0.598. The number of nitrogens with zero attached hydrogens (tertiary/aromatic N) is 2. The van der Waals surface area contributed by atoms with Gasteiger partial charge in [-0.3, -0.25) is 9.69 Å². The van der Waals surface area contributed by atoms with Gasteiger partial charge in [0.05, 0.1) is 24.6 Å². The van der Waals surface area contributed by atoms with E-state index in [9.17, 15) is 9.18 Å². The van der Waals surface area contributed by atoms with E-state index in [4.69, 9.17) is 9.15 Å². The number of thiazole rings is 1. The van der Waals surface area contributed by atoms with Gasteiger partial charge in [0, 0.05) is 5.56 Å². The summed E-state index contributed by atoms with van der Waals surface area (Å²) in [5, 5.41) is 0.410. The molecule has 0 unspecified atom stereocenters. The first kappa shape index (κ1) is 17.2. The molecule has 0 atom stereocenters. The first-order valence-corrected chi connectivity index (χ1v) is 9.00. The Hall–Kier alpha value is -3.19. The molecule has 0 saturated carbocycles. The number of amides is 1. The number of fused-ring (bicyclic) bond motifs is 1. The van der Waals surface area contributed by atoms with Crippen LogP contribution in [0.25, 0.3) is 10.2 Å². The standard InChI is InChI=1S/C20H15FN2O3S/c1-25-14-9-7-13(8-10-14)19(24)23(12-15-4-3-11-26-15)20-22-18-16(21)5-2-6-17(18)27-20/h2-11H,12H2,1H3. The van der Waals surface area contributed by atoms with Crippen LogP contribution in [-0.2, 0) is 6.54 Å². The van der Waals surface area contributed by atoms with Crippen LogP contribution in [0.4, 0.5) is 9.52 Å². The van der Waals surface area contributed by atoms with Gasteiger partial charge in [-0.05, 0) is 48.5 Å². The van der Waals surface area contributed by atoms with E-state index in [-0.39, 0.29) is 18.0 Å². The Morgan fingerprint density at radius 3 is 2.67 bits per heavy atom. The van der Waals surface area contributed by atoms with Crippen molar-refractivity contribution in [3.8, 4) is 5.75 Å². The second-order valence-corrected chi connectivity index (χ2v) is 6.79. The minimum atomic E-state index is -0.412. The fourth-order valence-corrected chi connectivity index (χ4v) is 3.67. The molecule has 4 rings (SSSR count). The highest BCUT2D eigenvalue weighted by atomic mass is 32.1. The normalized spacial score (nSPS) is 10.9. The molecule has 0 aliphatic carbocycles. The zero-order chi connectivity index (χ0) is 18.8. The molecular weight excluding hydrogens is 367 g/mol. The van der Waals surface area contributed by atoms with Crippen LogP contribution in [0, 0.1) is 5.82 Å². The predicted molar refractivity (Wildman–Crippen MR) is 102 cm³/mol. The summed E-state index contributed by atoms with van der Waals surface area (Å²) in [6, 6.07) is 15.1. The molecule has 0 saturated heterocycles. The van der Waals surface area contributed by atoms with Crippen molar-refractivity contribution < 1.29 is 18.3 Å². The summed E-state index contributed by atoms with van der Waals surface area (Å²) in [6.07, 6.45) is 1.55. The van der Waals surface area contributed by atoms with Crippen molar-refractivity contribution in [2.45, 2.75) is 6.54 Å². The SMILES string of the molecule is COc1ccc(C(=O)N(Cc2ccco2)c2nc3c(F)cccc3s2)cc1. The number of ether oxygens (including phenoxy) is 1. The molecule has 0 radical (unpaired) electrons. The van der Waals surface area contributed by atoms with E-state index < -0.39 is 5.82 Å². The summed E-state index contributed by atoms with van der Waals surface area (Å²) in [5.41, 5.74) is 0.728. The molecule has 0 fully saturated rings. The van der Waals surface area contributed by atoms with Crippen molar-refractivity contribution in [1.29, 1.82) is 0 Å². The molecule has 0 bridgehead atoms. The Kier molecular flexibility index (Phi) is 4.60. The molecule has 0 aliphatic heterocycles. The maximum Gasteiger partial charge on any atom is 0.260 e. The smallest absolute Gasteiger partial charge is 0.260 e. The van der Waals surface area contributed by atoms with E-state index in [1.807, 2.05) is 0 Å². The maximum atomic E-state index is 14.1. The molecule has 0 aliphatic rings. The highest BCUT2D eigenvalue weighted by Gasteiger charge is 2.23. The van der Waals surface area contributed by atoms with Crippen LogP contribution in [0.2, 0.25) is 0 Å². The zero-order valence-electron chi connectivity index (χ0n) is 14.4. The predicted octanol–water partition coefficient (Wildman–Crippen LogP) is 4.88. The molecule has 1 amide bonds. The summed E-state index contributed by atoms with van der Waals surface area (Å²) in [4.78, 5) is 19.0. The van der Waals surface area contributed by atoms with Crippen LogP contribution < -0.4 is 9.64 Å². The maximum absolute atomic E-state index is 14.1. The summed E-state index contributed by atoms with van der Waals surface area (Å²) >= 11 is 1.26. The highest BCUT2D eigenvalue weighted by Crippen LogP contribution is 2.32. The van der Waals surface area contributed by atoms with Gasteiger partial charge in [-0.1, -0.05) is 17.4 Å². The van der Waals surface area contributed by atoms with Crippen LogP contribution in [0.15, 0.2) is 65.3 Å². The number of rotatable bonds is 5. The molecule has 0 spiro atoms. The van der Waals surface area contributed by atoms with Crippen molar-refractivity contribution >= 4 is 32.6 Å². The average Bonchev–Trinajstić information content (AvgIpc) is 3.36. The number of aromatic nitrogens is 1. The quantitative estimate of drug-likeness (QED) is 0.493. The number of anilines is 1. The van der Waals surface area contributed by atoms with Crippen LogP contribution in [-0.4, -0.2) is 18.0 Å². The van der Waals surface area contributed by atoms with Gasteiger partial charge in [0.1, 0.15) is 22.8 Å².